The number of fused-ring (bicyclic) bond motifs is 7. The molecule has 1 aliphatic carbocycles. The van der Waals surface area contributed by atoms with E-state index in [4.69, 9.17) is 19.4 Å². The molecule has 6 bridgehead atoms. The van der Waals surface area contributed by atoms with E-state index >= 15 is 4.39 Å². The van der Waals surface area contributed by atoms with Crippen LogP contribution in [0, 0.1) is 11.7 Å². The number of aromatic nitrogens is 3. The number of halogens is 2. The highest BCUT2D eigenvalue weighted by Gasteiger charge is 2.62. The van der Waals surface area contributed by atoms with Gasteiger partial charge in [0.1, 0.15) is 29.8 Å². The number of carbonyl (C=O) groups is 1. The standard InChI is InChI=1S/C34H34F2N6O3/c35-23-14-33(10-4-11-42(33)17-23)19-45-31-38-29-25-15-37-28(27(29)36)24-9-2-7-20-5-1-6-21(26(20)24)8-3-12-44-32(43)40-34-13-22(34)16-41(18-34)30(25)39-31/h1-2,5-7,9,15,22-23H,3-4,8,10-14,16-19H2,(H,40,43)/t22-,23-,33+,34-/m1/s1. The lowest BCUT2D eigenvalue weighted by atomic mass is 9.94. The highest BCUT2D eigenvalue weighted by atomic mass is 19.1. The first-order chi connectivity index (χ1) is 21.9. The maximum atomic E-state index is 16.8. The van der Waals surface area contributed by atoms with Crippen molar-refractivity contribution in [2.45, 2.75) is 55.8 Å². The van der Waals surface area contributed by atoms with Gasteiger partial charge in [-0.05, 0) is 55.0 Å². The predicted molar refractivity (Wildman–Crippen MR) is 165 cm³/mol. The van der Waals surface area contributed by atoms with Gasteiger partial charge in [0.25, 0.3) is 0 Å². The minimum absolute atomic E-state index is 0.0654. The van der Waals surface area contributed by atoms with E-state index in [1.165, 1.54) is 0 Å². The van der Waals surface area contributed by atoms with Crippen molar-refractivity contribution in [3.63, 3.8) is 0 Å². The van der Waals surface area contributed by atoms with Crippen LogP contribution >= 0.6 is 0 Å². The lowest BCUT2D eigenvalue weighted by Crippen LogP contribution is -2.43. The summed E-state index contributed by atoms with van der Waals surface area (Å²) in [7, 11) is 0. The number of alkyl halides is 1. The van der Waals surface area contributed by atoms with Crippen LogP contribution in [0.15, 0.2) is 42.6 Å². The monoisotopic (exact) mass is 612 g/mol. The molecule has 9 nitrogen and oxygen atoms in total. The summed E-state index contributed by atoms with van der Waals surface area (Å²) in [4.78, 5) is 31.3. The summed E-state index contributed by atoms with van der Waals surface area (Å²) in [5.74, 6) is 0.215. The average molecular weight is 613 g/mol. The molecule has 4 fully saturated rings. The number of hydrogen-bond donors (Lipinski definition) is 1. The molecule has 1 N–H and O–H groups in total. The van der Waals surface area contributed by atoms with E-state index < -0.39 is 29.2 Å². The van der Waals surface area contributed by atoms with Crippen LogP contribution < -0.4 is 15.0 Å². The second-order valence-corrected chi connectivity index (χ2v) is 13.5. The Morgan fingerprint density at radius 1 is 1.11 bits per heavy atom. The predicted octanol–water partition coefficient (Wildman–Crippen LogP) is 5.19. The van der Waals surface area contributed by atoms with E-state index in [0.717, 1.165) is 42.1 Å². The number of rotatable bonds is 3. The molecule has 45 heavy (non-hydrogen) atoms. The summed E-state index contributed by atoms with van der Waals surface area (Å²) in [6, 6.07) is 11.9. The van der Waals surface area contributed by atoms with Crippen molar-refractivity contribution < 1.29 is 23.0 Å². The van der Waals surface area contributed by atoms with E-state index in [1.54, 1.807) is 6.20 Å². The minimum Gasteiger partial charge on any atom is -0.461 e. The first kappa shape index (κ1) is 27.2. The van der Waals surface area contributed by atoms with E-state index in [0.29, 0.717) is 55.7 Å². The van der Waals surface area contributed by atoms with Gasteiger partial charge < -0.3 is 19.7 Å². The number of benzene rings is 2. The van der Waals surface area contributed by atoms with E-state index in [1.807, 2.05) is 36.4 Å². The first-order valence-electron chi connectivity index (χ1n) is 16.0. The van der Waals surface area contributed by atoms with Gasteiger partial charge in [0.2, 0.25) is 0 Å². The molecule has 5 aliphatic heterocycles. The van der Waals surface area contributed by atoms with Gasteiger partial charge in [-0.15, -0.1) is 0 Å². The maximum absolute atomic E-state index is 16.8. The molecule has 1 saturated carbocycles. The Hall–Kier alpha value is -4.12. The summed E-state index contributed by atoms with van der Waals surface area (Å²) >= 11 is 0. The quantitative estimate of drug-likeness (QED) is 0.338. The van der Waals surface area contributed by atoms with Gasteiger partial charge >= 0.3 is 12.1 Å². The third-order valence-corrected chi connectivity index (χ3v) is 10.7. The molecule has 1 amide bonds. The number of pyridine rings is 1. The van der Waals surface area contributed by atoms with Gasteiger partial charge in [0.05, 0.1) is 23.1 Å². The lowest BCUT2D eigenvalue weighted by molar-refractivity contribution is 0.107. The SMILES string of the molecule is O=C1N[C@@]23C[C@@H]2CN(C3)c2nc(OC[C@@]34CCCN3C[C@H](F)C4)nc3c(F)c(ncc23)-c2cccc3cccc(c23)CCCO1. The third kappa shape index (κ3) is 4.34. The van der Waals surface area contributed by atoms with Crippen molar-refractivity contribution in [2.75, 3.05) is 44.3 Å². The fourth-order valence-electron chi connectivity index (χ4n) is 8.49. The van der Waals surface area contributed by atoms with Crippen molar-refractivity contribution in [1.82, 2.24) is 25.2 Å². The van der Waals surface area contributed by atoms with Crippen molar-refractivity contribution in [1.29, 1.82) is 0 Å². The Kier molecular flexibility index (Phi) is 6.01. The zero-order valence-electron chi connectivity index (χ0n) is 24.9. The summed E-state index contributed by atoms with van der Waals surface area (Å²) in [6.45, 7) is 2.93. The summed E-state index contributed by atoms with van der Waals surface area (Å²) in [5.41, 5.74) is 1.24. The number of alkyl carbamates (subject to hydrolysis) is 1. The lowest BCUT2D eigenvalue weighted by Gasteiger charge is -2.31. The Morgan fingerprint density at radius 2 is 2.00 bits per heavy atom. The van der Waals surface area contributed by atoms with Gasteiger partial charge in [-0.25, -0.2) is 13.6 Å². The molecule has 7 heterocycles. The van der Waals surface area contributed by atoms with Crippen molar-refractivity contribution in [3.05, 3.63) is 54.0 Å². The van der Waals surface area contributed by atoms with Gasteiger partial charge in [-0.1, -0.05) is 36.4 Å². The van der Waals surface area contributed by atoms with Gasteiger partial charge in [0, 0.05) is 43.7 Å². The number of piperidine rings is 1. The maximum Gasteiger partial charge on any atom is 0.407 e. The zero-order chi connectivity index (χ0) is 30.3. The third-order valence-electron chi connectivity index (χ3n) is 10.7. The average Bonchev–Trinajstić information content (AvgIpc) is 3.27. The molecule has 232 valence electrons. The molecule has 3 saturated heterocycles. The number of carbonyl (C=O) groups excluding carboxylic acids is 1. The topological polar surface area (TPSA) is 92.7 Å². The van der Waals surface area contributed by atoms with Crippen molar-refractivity contribution in [2.24, 2.45) is 5.92 Å². The van der Waals surface area contributed by atoms with Crippen LogP contribution in [0.4, 0.5) is 19.4 Å². The Morgan fingerprint density at radius 3 is 2.91 bits per heavy atom. The molecule has 6 aliphatic rings. The van der Waals surface area contributed by atoms with Crippen LogP contribution in [0.3, 0.4) is 0 Å². The zero-order valence-corrected chi connectivity index (χ0v) is 24.9. The van der Waals surface area contributed by atoms with Crippen molar-refractivity contribution >= 4 is 33.6 Å². The smallest absolute Gasteiger partial charge is 0.407 e. The molecule has 10 rings (SSSR count). The molecule has 2 aromatic heterocycles. The van der Waals surface area contributed by atoms with Crippen LogP contribution in [-0.4, -0.2) is 82.6 Å². The molecule has 4 aromatic rings. The van der Waals surface area contributed by atoms with Crippen LogP contribution in [-0.2, 0) is 11.2 Å². The van der Waals surface area contributed by atoms with Gasteiger partial charge in [-0.3, -0.25) is 9.88 Å². The van der Waals surface area contributed by atoms with Crippen molar-refractivity contribution in [3.8, 4) is 17.3 Å². The highest BCUT2D eigenvalue weighted by Crippen LogP contribution is 2.51. The molecular weight excluding hydrogens is 578 g/mol. The van der Waals surface area contributed by atoms with Gasteiger partial charge in [0.15, 0.2) is 5.82 Å². The van der Waals surface area contributed by atoms with E-state index in [-0.39, 0.29) is 36.4 Å². The van der Waals surface area contributed by atoms with E-state index in [9.17, 15) is 9.18 Å². The minimum atomic E-state index is -0.888. The highest BCUT2D eigenvalue weighted by molar-refractivity contribution is 6.00. The summed E-state index contributed by atoms with van der Waals surface area (Å²) < 4.78 is 43.2. The number of amides is 1. The Balaban J connectivity index is 1.19. The fourth-order valence-corrected chi connectivity index (χ4v) is 8.49. The molecule has 11 heteroatoms. The number of ether oxygens (including phenoxy) is 2. The first-order valence-corrected chi connectivity index (χ1v) is 16.0. The second kappa shape index (κ2) is 9.94. The number of anilines is 1. The molecule has 4 atom stereocenters. The number of nitrogens with one attached hydrogen (secondary N) is 1. The molecular formula is C34H34F2N6O3. The molecule has 0 radical (unpaired) electrons. The van der Waals surface area contributed by atoms with E-state index in [2.05, 4.69) is 20.1 Å². The Bertz CT molecular complexity index is 1870. The Labute approximate surface area is 258 Å². The van der Waals surface area contributed by atoms with Crippen LogP contribution in [0.5, 0.6) is 6.01 Å². The van der Waals surface area contributed by atoms with Crippen LogP contribution in [0.1, 0.15) is 37.7 Å². The number of hydrogen-bond acceptors (Lipinski definition) is 8. The molecule has 1 spiro atoms. The molecule has 2 aromatic carbocycles. The number of aryl methyl sites for hydroxylation is 1. The largest absolute Gasteiger partial charge is 0.461 e. The number of nitrogens with zero attached hydrogens (tertiary/aromatic N) is 5. The second-order valence-electron chi connectivity index (χ2n) is 13.5. The van der Waals surface area contributed by atoms with Crippen LogP contribution in [0.2, 0.25) is 0 Å². The normalized spacial score (nSPS) is 29.1. The molecule has 0 unspecified atom stereocenters. The summed E-state index contributed by atoms with van der Waals surface area (Å²) in [6.07, 6.45) is 4.74. The fraction of sp³-hybridized carbons (Fsp3) is 0.471. The summed E-state index contributed by atoms with van der Waals surface area (Å²) in [5, 5.41) is 5.49. The van der Waals surface area contributed by atoms with Gasteiger partial charge in [-0.2, -0.15) is 9.97 Å². The van der Waals surface area contributed by atoms with Crippen LogP contribution in [0.25, 0.3) is 32.9 Å².